The quantitative estimate of drug-likeness (QED) is 0.801. The predicted molar refractivity (Wildman–Crippen MR) is 81.8 cm³/mol. The molecule has 0 N–H and O–H groups in total. The fourth-order valence-electron chi connectivity index (χ4n) is 2.25. The standard InChI is InChI=1S/C16H24N2O2/c1-5-14-10-8-9-11-15(14)18(13(4)19)12-16(20)17(6-2)7-3/h8-11H,5-7,12H2,1-4H3. The first-order valence-corrected chi connectivity index (χ1v) is 7.18. The van der Waals surface area contributed by atoms with Crippen molar-refractivity contribution in [3.63, 3.8) is 0 Å². The second kappa shape index (κ2) is 7.68. The fraction of sp³-hybridized carbons (Fsp3) is 0.500. The molecule has 1 aromatic carbocycles. The summed E-state index contributed by atoms with van der Waals surface area (Å²) in [4.78, 5) is 27.4. The molecule has 1 rings (SSSR count). The van der Waals surface area contributed by atoms with Gasteiger partial charge in [-0.2, -0.15) is 0 Å². The van der Waals surface area contributed by atoms with Gasteiger partial charge in [0.1, 0.15) is 6.54 Å². The van der Waals surface area contributed by atoms with Crippen LogP contribution >= 0.6 is 0 Å². The highest BCUT2D eigenvalue weighted by atomic mass is 16.2. The Morgan fingerprint density at radius 1 is 1.05 bits per heavy atom. The van der Waals surface area contributed by atoms with Gasteiger partial charge in [0.05, 0.1) is 0 Å². The van der Waals surface area contributed by atoms with Crippen molar-refractivity contribution in [3.05, 3.63) is 29.8 Å². The minimum absolute atomic E-state index is 0.0175. The largest absolute Gasteiger partial charge is 0.342 e. The van der Waals surface area contributed by atoms with E-state index in [4.69, 9.17) is 0 Å². The fourth-order valence-corrected chi connectivity index (χ4v) is 2.25. The van der Waals surface area contributed by atoms with Gasteiger partial charge in [0.2, 0.25) is 11.8 Å². The van der Waals surface area contributed by atoms with E-state index < -0.39 is 0 Å². The molecule has 0 fully saturated rings. The first-order chi connectivity index (χ1) is 9.54. The molecule has 0 bridgehead atoms. The zero-order valence-corrected chi connectivity index (χ0v) is 12.8. The van der Waals surface area contributed by atoms with Crippen LogP contribution in [0.3, 0.4) is 0 Å². The van der Waals surface area contributed by atoms with Gasteiger partial charge < -0.3 is 9.80 Å². The molecule has 4 heteroatoms. The van der Waals surface area contributed by atoms with Gasteiger partial charge in [-0.15, -0.1) is 0 Å². The van der Waals surface area contributed by atoms with Crippen LogP contribution in [-0.2, 0) is 16.0 Å². The molecule has 2 amide bonds. The van der Waals surface area contributed by atoms with Gasteiger partial charge in [0.15, 0.2) is 0 Å². The first kappa shape index (κ1) is 16.2. The highest BCUT2D eigenvalue weighted by Gasteiger charge is 2.20. The van der Waals surface area contributed by atoms with Crippen molar-refractivity contribution in [2.24, 2.45) is 0 Å². The molecule has 0 aliphatic carbocycles. The summed E-state index contributed by atoms with van der Waals surface area (Å²) in [5.41, 5.74) is 1.91. The van der Waals surface area contributed by atoms with E-state index in [1.54, 1.807) is 9.80 Å². The molecular formula is C16H24N2O2. The van der Waals surface area contributed by atoms with Crippen LogP contribution in [-0.4, -0.2) is 36.3 Å². The zero-order valence-electron chi connectivity index (χ0n) is 12.8. The van der Waals surface area contributed by atoms with Crippen molar-refractivity contribution >= 4 is 17.5 Å². The van der Waals surface area contributed by atoms with E-state index in [0.717, 1.165) is 17.7 Å². The second-order valence-corrected chi connectivity index (χ2v) is 4.65. The maximum Gasteiger partial charge on any atom is 0.242 e. The lowest BCUT2D eigenvalue weighted by molar-refractivity contribution is -0.130. The molecule has 0 spiro atoms. The molecule has 0 heterocycles. The van der Waals surface area contributed by atoms with E-state index in [2.05, 4.69) is 0 Å². The topological polar surface area (TPSA) is 40.6 Å². The lowest BCUT2D eigenvalue weighted by Gasteiger charge is -2.26. The minimum Gasteiger partial charge on any atom is -0.342 e. The minimum atomic E-state index is -0.105. The SMILES string of the molecule is CCc1ccccc1N(CC(=O)N(CC)CC)C(C)=O. The van der Waals surface area contributed by atoms with Crippen molar-refractivity contribution in [2.45, 2.75) is 34.1 Å². The van der Waals surface area contributed by atoms with E-state index in [-0.39, 0.29) is 18.4 Å². The number of benzene rings is 1. The third kappa shape index (κ3) is 3.83. The van der Waals surface area contributed by atoms with Crippen LogP contribution < -0.4 is 4.90 Å². The number of hydrogen-bond acceptors (Lipinski definition) is 2. The Bertz CT molecular complexity index is 467. The average Bonchev–Trinajstić information content (AvgIpc) is 2.45. The smallest absolute Gasteiger partial charge is 0.242 e. The highest BCUT2D eigenvalue weighted by Crippen LogP contribution is 2.21. The van der Waals surface area contributed by atoms with Crippen molar-refractivity contribution in [2.75, 3.05) is 24.5 Å². The summed E-state index contributed by atoms with van der Waals surface area (Å²) < 4.78 is 0. The van der Waals surface area contributed by atoms with Gasteiger partial charge in [-0.25, -0.2) is 0 Å². The summed E-state index contributed by atoms with van der Waals surface area (Å²) in [7, 11) is 0. The Labute approximate surface area is 121 Å². The van der Waals surface area contributed by atoms with Crippen LogP contribution in [0.25, 0.3) is 0 Å². The molecule has 0 aliphatic rings. The Kier molecular flexibility index (Phi) is 6.22. The Balaban J connectivity index is 3.01. The average molecular weight is 276 g/mol. The van der Waals surface area contributed by atoms with Crippen molar-refractivity contribution < 1.29 is 9.59 Å². The lowest BCUT2D eigenvalue weighted by atomic mass is 10.1. The summed E-state index contributed by atoms with van der Waals surface area (Å²) in [6.07, 6.45) is 0.833. The summed E-state index contributed by atoms with van der Waals surface area (Å²) in [5.74, 6) is -0.123. The lowest BCUT2D eigenvalue weighted by Crippen LogP contribution is -2.42. The molecule has 110 valence electrons. The van der Waals surface area contributed by atoms with Gasteiger partial charge in [0.25, 0.3) is 0 Å². The Hall–Kier alpha value is -1.84. The maximum atomic E-state index is 12.2. The summed E-state index contributed by atoms with van der Waals surface area (Å²) in [5, 5.41) is 0. The number of aryl methyl sites for hydroxylation is 1. The Morgan fingerprint density at radius 2 is 1.65 bits per heavy atom. The van der Waals surface area contributed by atoms with Crippen molar-refractivity contribution in [3.8, 4) is 0 Å². The molecule has 0 radical (unpaired) electrons. The zero-order chi connectivity index (χ0) is 15.1. The van der Waals surface area contributed by atoms with Gasteiger partial charge in [-0.3, -0.25) is 9.59 Å². The summed E-state index contributed by atoms with van der Waals surface area (Å²) >= 11 is 0. The molecule has 0 aromatic heterocycles. The predicted octanol–water partition coefficient (Wildman–Crippen LogP) is 2.47. The van der Waals surface area contributed by atoms with Gasteiger partial charge in [-0.1, -0.05) is 25.1 Å². The van der Waals surface area contributed by atoms with Gasteiger partial charge >= 0.3 is 0 Å². The second-order valence-electron chi connectivity index (χ2n) is 4.65. The number of carbonyl (C=O) groups is 2. The number of para-hydroxylation sites is 1. The number of anilines is 1. The summed E-state index contributed by atoms with van der Waals surface area (Å²) in [6, 6.07) is 7.74. The van der Waals surface area contributed by atoms with Crippen LogP contribution in [0.1, 0.15) is 33.3 Å². The van der Waals surface area contributed by atoms with Crippen molar-refractivity contribution in [1.29, 1.82) is 0 Å². The first-order valence-electron chi connectivity index (χ1n) is 7.18. The van der Waals surface area contributed by atoms with Crippen LogP contribution in [0.4, 0.5) is 5.69 Å². The third-order valence-corrected chi connectivity index (χ3v) is 3.45. The summed E-state index contributed by atoms with van der Waals surface area (Å²) in [6.45, 7) is 8.87. The number of amides is 2. The van der Waals surface area contributed by atoms with E-state index >= 15 is 0 Å². The van der Waals surface area contributed by atoms with Crippen LogP contribution in [0.15, 0.2) is 24.3 Å². The molecule has 4 nitrogen and oxygen atoms in total. The monoisotopic (exact) mass is 276 g/mol. The van der Waals surface area contributed by atoms with Gasteiger partial charge in [0, 0.05) is 25.7 Å². The molecule has 0 saturated heterocycles. The van der Waals surface area contributed by atoms with Gasteiger partial charge in [-0.05, 0) is 31.9 Å². The Morgan fingerprint density at radius 3 is 2.15 bits per heavy atom. The third-order valence-electron chi connectivity index (χ3n) is 3.45. The molecule has 0 aliphatic heterocycles. The van der Waals surface area contributed by atoms with Crippen LogP contribution in [0.5, 0.6) is 0 Å². The van der Waals surface area contributed by atoms with E-state index in [9.17, 15) is 9.59 Å². The van der Waals surface area contributed by atoms with E-state index in [1.807, 2.05) is 45.0 Å². The number of likely N-dealkylation sites (N-methyl/N-ethyl adjacent to an activating group) is 1. The van der Waals surface area contributed by atoms with E-state index in [1.165, 1.54) is 6.92 Å². The highest BCUT2D eigenvalue weighted by molar-refractivity contribution is 5.98. The molecule has 20 heavy (non-hydrogen) atoms. The van der Waals surface area contributed by atoms with Crippen LogP contribution in [0.2, 0.25) is 0 Å². The number of carbonyl (C=O) groups excluding carboxylic acids is 2. The van der Waals surface area contributed by atoms with E-state index in [0.29, 0.717) is 13.1 Å². The van der Waals surface area contributed by atoms with Crippen molar-refractivity contribution in [1.82, 2.24) is 4.90 Å². The number of rotatable bonds is 6. The normalized spacial score (nSPS) is 10.2. The molecule has 0 atom stereocenters. The maximum absolute atomic E-state index is 12.2. The molecule has 0 saturated carbocycles. The molecule has 1 aromatic rings. The number of hydrogen-bond donors (Lipinski definition) is 0. The molecular weight excluding hydrogens is 252 g/mol. The molecule has 0 unspecified atom stereocenters. The van der Waals surface area contributed by atoms with Crippen LogP contribution in [0, 0.1) is 0 Å². The number of nitrogens with zero attached hydrogens (tertiary/aromatic N) is 2.